The topological polar surface area (TPSA) is 44.8 Å². The van der Waals surface area contributed by atoms with E-state index in [1.165, 1.54) is 5.57 Å². The molecule has 0 saturated heterocycles. The van der Waals surface area contributed by atoms with Gasteiger partial charge in [0.1, 0.15) is 22.7 Å². The lowest BCUT2D eigenvalue weighted by Crippen LogP contribution is -2.46. The van der Waals surface area contributed by atoms with Crippen LogP contribution in [0.25, 0.3) is 0 Å². The Hall–Kier alpha value is -1.91. The van der Waals surface area contributed by atoms with Crippen molar-refractivity contribution >= 4 is 13.1 Å². The van der Waals surface area contributed by atoms with E-state index in [1.54, 1.807) is 0 Å². The molecule has 1 aromatic rings. The van der Waals surface area contributed by atoms with Crippen LogP contribution in [0.2, 0.25) is 6.32 Å². The van der Waals surface area contributed by atoms with Crippen molar-refractivity contribution in [2.75, 3.05) is 0 Å². The zero-order valence-electron chi connectivity index (χ0n) is 18.5. The molecule has 0 aromatic heterocycles. The van der Waals surface area contributed by atoms with Crippen LogP contribution in [-0.2, 0) is 11.1 Å². The number of aryl methyl sites for hydroxylation is 1. The Bertz CT molecular complexity index is 842. The number of rotatable bonds is 5. The maximum atomic E-state index is 13.0. The maximum absolute atomic E-state index is 13.0. The third-order valence-corrected chi connectivity index (χ3v) is 6.71. The molecule has 2 heterocycles. The molecule has 1 aliphatic carbocycles. The first-order chi connectivity index (χ1) is 13.9. The standard InChI is InChI=1S/C24H33BO4/c1-6-8-12-25-28-22-20(23(26)29-25)16(9-7-2)14-19-21(22)17-13-15(3)10-11-18(17)24(4,5)27-19/h13-14,17-18H,6-12H2,1-5H3. The molecule has 0 spiro atoms. The highest BCUT2D eigenvalue weighted by Gasteiger charge is 2.48. The first-order valence-electron chi connectivity index (χ1n) is 11.3. The third kappa shape index (κ3) is 3.58. The van der Waals surface area contributed by atoms with Gasteiger partial charge >= 0.3 is 13.1 Å². The summed E-state index contributed by atoms with van der Waals surface area (Å²) < 4.78 is 18.6. The fourth-order valence-electron chi connectivity index (χ4n) is 5.23. The average Bonchev–Trinajstić information content (AvgIpc) is 2.65. The van der Waals surface area contributed by atoms with E-state index >= 15 is 0 Å². The molecule has 0 N–H and O–H groups in total. The lowest BCUT2D eigenvalue weighted by molar-refractivity contribution is 0.0106. The van der Waals surface area contributed by atoms with Gasteiger partial charge in [-0.2, -0.15) is 0 Å². The zero-order chi connectivity index (χ0) is 20.8. The molecule has 29 heavy (non-hydrogen) atoms. The minimum Gasteiger partial charge on any atom is -0.525 e. The summed E-state index contributed by atoms with van der Waals surface area (Å²) in [5.74, 6) is 1.95. The minimum atomic E-state index is -0.502. The molecule has 0 amide bonds. The van der Waals surface area contributed by atoms with Crippen LogP contribution in [-0.4, -0.2) is 18.7 Å². The van der Waals surface area contributed by atoms with Crippen LogP contribution in [0.15, 0.2) is 17.7 Å². The van der Waals surface area contributed by atoms with Crippen molar-refractivity contribution < 1.29 is 18.8 Å². The van der Waals surface area contributed by atoms with Gasteiger partial charge in [-0.1, -0.05) is 44.8 Å². The Morgan fingerprint density at radius 2 is 2.00 bits per heavy atom. The number of ether oxygens (including phenoxy) is 1. The Balaban J connectivity index is 1.89. The van der Waals surface area contributed by atoms with Crippen LogP contribution in [0.1, 0.15) is 94.1 Å². The third-order valence-electron chi connectivity index (χ3n) is 6.71. The molecule has 1 aromatic carbocycles. The van der Waals surface area contributed by atoms with E-state index < -0.39 is 7.12 Å². The summed E-state index contributed by atoms with van der Waals surface area (Å²) in [7, 11) is -0.502. The van der Waals surface area contributed by atoms with Crippen LogP contribution in [0.3, 0.4) is 0 Å². The molecule has 0 radical (unpaired) electrons. The van der Waals surface area contributed by atoms with E-state index in [2.05, 4.69) is 46.8 Å². The van der Waals surface area contributed by atoms with Gasteiger partial charge in [0.2, 0.25) is 0 Å². The lowest BCUT2D eigenvalue weighted by atomic mass is 9.67. The first-order valence-corrected chi connectivity index (χ1v) is 11.3. The number of unbranched alkanes of at least 4 members (excludes halogenated alkanes) is 1. The average molecular weight is 396 g/mol. The number of fused-ring (bicyclic) bond motifs is 5. The summed E-state index contributed by atoms with van der Waals surface area (Å²) in [6.07, 6.45) is 9.06. The summed E-state index contributed by atoms with van der Waals surface area (Å²) in [5, 5.41) is 0. The van der Waals surface area contributed by atoms with Crippen molar-refractivity contribution in [3.05, 3.63) is 34.4 Å². The summed E-state index contributed by atoms with van der Waals surface area (Å²) >= 11 is 0. The molecule has 0 saturated carbocycles. The quantitative estimate of drug-likeness (QED) is 0.446. The molecular formula is C24H33BO4. The minimum absolute atomic E-state index is 0.213. The van der Waals surface area contributed by atoms with Gasteiger partial charge in [-0.05, 0) is 51.7 Å². The van der Waals surface area contributed by atoms with Crippen molar-refractivity contribution in [1.82, 2.24) is 0 Å². The van der Waals surface area contributed by atoms with Gasteiger partial charge in [-0.25, -0.2) is 4.79 Å². The number of hydrogen-bond acceptors (Lipinski definition) is 4. The number of hydrogen-bond donors (Lipinski definition) is 0. The first kappa shape index (κ1) is 20.4. The van der Waals surface area contributed by atoms with Gasteiger partial charge in [-0.3, -0.25) is 0 Å². The molecule has 156 valence electrons. The second-order valence-corrected chi connectivity index (χ2v) is 9.39. The molecule has 2 unspecified atom stereocenters. The lowest BCUT2D eigenvalue weighted by Gasteiger charge is -2.47. The van der Waals surface area contributed by atoms with E-state index in [4.69, 9.17) is 14.0 Å². The highest BCUT2D eigenvalue weighted by molar-refractivity contribution is 6.49. The highest BCUT2D eigenvalue weighted by Crippen LogP contribution is 2.55. The summed E-state index contributed by atoms with van der Waals surface area (Å²) in [4.78, 5) is 13.0. The van der Waals surface area contributed by atoms with Crippen LogP contribution in [0.5, 0.6) is 11.5 Å². The van der Waals surface area contributed by atoms with E-state index in [0.29, 0.717) is 11.5 Å². The number of carbonyl (C=O) groups is 1. The van der Waals surface area contributed by atoms with Crippen molar-refractivity contribution in [2.45, 2.75) is 91.0 Å². The zero-order valence-corrected chi connectivity index (χ0v) is 18.5. The highest BCUT2D eigenvalue weighted by atomic mass is 16.6. The SMILES string of the molecule is CCCCB1OC(=O)c2c(CCC)cc3c(c2O1)C1C=C(C)CCC1C(C)(C)O3. The molecular weight excluding hydrogens is 363 g/mol. The molecule has 2 aliphatic heterocycles. The fraction of sp³-hybridized carbons (Fsp3) is 0.625. The van der Waals surface area contributed by atoms with Gasteiger partial charge < -0.3 is 14.0 Å². The molecule has 2 atom stereocenters. The second kappa shape index (κ2) is 7.73. The van der Waals surface area contributed by atoms with Crippen LogP contribution >= 0.6 is 0 Å². The van der Waals surface area contributed by atoms with Crippen LogP contribution < -0.4 is 9.39 Å². The monoisotopic (exact) mass is 396 g/mol. The number of benzene rings is 1. The van der Waals surface area contributed by atoms with Gasteiger partial charge in [0.05, 0.1) is 0 Å². The number of allylic oxidation sites excluding steroid dienone is 2. The van der Waals surface area contributed by atoms with Gasteiger partial charge in [-0.15, -0.1) is 0 Å². The predicted molar refractivity (Wildman–Crippen MR) is 116 cm³/mol. The van der Waals surface area contributed by atoms with Crippen molar-refractivity contribution in [2.24, 2.45) is 5.92 Å². The maximum Gasteiger partial charge on any atom is 0.596 e. The number of carbonyl (C=O) groups excluding carboxylic acids is 1. The van der Waals surface area contributed by atoms with Crippen LogP contribution in [0.4, 0.5) is 0 Å². The normalized spacial score (nSPS) is 24.4. The van der Waals surface area contributed by atoms with Crippen molar-refractivity contribution in [3.8, 4) is 11.5 Å². The van der Waals surface area contributed by atoms with E-state index in [0.717, 1.165) is 67.5 Å². The van der Waals surface area contributed by atoms with Gasteiger partial charge in [0.15, 0.2) is 0 Å². The summed E-state index contributed by atoms with van der Waals surface area (Å²) in [6.45, 7) is 10.9. The van der Waals surface area contributed by atoms with Gasteiger partial charge in [0, 0.05) is 23.7 Å². The predicted octanol–water partition coefficient (Wildman–Crippen LogP) is 6.09. The van der Waals surface area contributed by atoms with E-state index in [-0.39, 0.29) is 17.5 Å². The Labute approximate surface area is 175 Å². The van der Waals surface area contributed by atoms with Crippen molar-refractivity contribution in [3.63, 3.8) is 0 Å². The largest absolute Gasteiger partial charge is 0.596 e. The second-order valence-electron chi connectivity index (χ2n) is 9.39. The molecule has 3 aliphatic rings. The molecule has 0 fully saturated rings. The smallest absolute Gasteiger partial charge is 0.525 e. The van der Waals surface area contributed by atoms with E-state index in [9.17, 15) is 4.79 Å². The summed E-state index contributed by atoms with van der Waals surface area (Å²) in [6, 6.07) is 2.07. The van der Waals surface area contributed by atoms with E-state index in [1.807, 2.05) is 0 Å². The molecule has 4 nitrogen and oxygen atoms in total. The van der Waals surface area contributed by atoms with Crippen molar-refractivity contribution in [1.29, 1.82) is 0 Å². The summed E-state index contributed by atoms with van der Waals surface area (Å²) in [5.41, 5.74) is 3.81. The fourth-order valence-corrected chi connectivity index (χ4v) is 5.23. The molecule has 4 rings (SSSR count). The Morgan fingerprint density at radius 1 is 1.21 bits per heavy atom. The van der Waals surface area contributed by atoms with Crippen LogP contribution in [0, 0.1) is 5.92 Å². The molecule has 0 bridgehead atoms. The Kier molecular flexibility index (Phi) is 5.43. The Morgan fingerprint density at radius 3 is 2.72 bits per heavy atom. The van der Waals surface area contributed by atoms with Gasteiger partial charge in [0.25, 0.3) is 0 Å². The molecule has 5 heteroatoms.